The molecule has 1 aromatic carbocycles. The smallest absolute Gasteiger partial charge is 0.180 e. The fraction of sp³-hybridized carbons (Fsp3) is 0.280. The van der Waals surface area contributed by atoms with Crippen LogP contribution in [0.5, 0.6) is 0 Å². The maximum Gasteiger partial charge on any atom is 0.180 e. The topological polar surface area (TPSA) is 92.9 Å². The number of fused-ring (bicyclic) bond motifs is 2. The van der Waals surface area contributed by atoms with Crippen molar-refractivity contribution in [3.05, 3.63) is 48.7 Å². The number of nitrogens with one attached hydrogen (secondary N) is 2. The van der Waals surface area contributed by atoms with E-state index in [0.29, 0.717) is 33.8 Å². The fourth-order valence-electron chi connectivity index (χ4n) is 4.58. The van der Waals surface area contributed by atoms with Crippen LogP contribution in [-0.4, -0.2) is 82.4 Å². The highest BCUT2D eigenvalue weighted by Gasteiger charge is 2.21. The van der Waals surface area contributed by atoms with Gasteiger partial charge in [0.2, 0.25) is 0 Å². The Morgan fingerprint density at radius 3 is 2.69 bits per heavy atom. The monoisotopic (exact) mass is 471 g/mol. The van der Waals surface area contributed by atoms with Gasteiger partial charge in [0.1, 0.15) is 17.0 Å². The number of anilines is 2. The van der Waals surface area contributed by atoms with Crippen molar-refractivity contribution in [1.82, 2.24) is 35.0 Å². The van der Waals surface area contributed by atoms with Crippen molar-refractivity contribution in [2.24, 2.45) is 0 Å². The summed E-state index contributed by atoms with van der Waals surface area (Å²) in [7, 11) is 6.00. The van der Waals surface area contributed by atoms with Gasteiger partial charge in [-0.15, -0.1) is 0 Å². The summed E-state index contributed by atoms with van der Waals surface area (Å²) in [6.07, 6.45) is 5.22. The quantitative estimate of drug-likeness (QED) is 0.414. The molecule has 0 atom stereocenters. The van der Waals surface area contributed by atoms with Crippen molar-refractivity contribution < 1.29 is 4.39 Å². The molecule has 2 N–H and O–H groups in total. The number of benzene rings is 1. The third-order valence-electron chi connectivity index (χ3n) is 6.64. The van der Waals surface area contributed by atoms with E-state index < -0.39 is 0 Å². The fourth-order valence-corrected chi connectivity index (χ4v) is 4.58. The van der Waals surface area contributed by atoms with E-state index in [1.807, 2.05) is 37.2 Å². The zero-order valence-corrected chi connectivity index (χ0v) is 19.9. The van der Waals surface area contributed by atoms with Crippen molar-refractivity contribution >= 4 is 33.4 Å². The second-order valence-electron chi connectivity index (χ2n) is 9.18. The second-order valence-corrected chi connectivity index (χ2v) is 9.18. The standard InChI is InChI=1S/C25H26FN9/c1-33(2)16-10-15(13-27-14-16)17-11-18-20(12-19(17)26)31-32-22(18)25-29-23-21(4-5-28-24(23)30-25)35-8-6-34(3)7-9-35/h4-5,10-14H,6-9H2,1-3H3,(H,31,32)(H,28,29,30). The normalized spacial score (nSPS) is 14.8. The highest BCUT2D eigenvalue weighted by molar-refractivity contribution is 5.97. The van der Waals surface area contributed by atoms with Gasteiger partial charge in [0.05, 0.1) is 23.1 Å². The van der Waals surface area contributed by atoms with E-state index in [1.54, 1.807) is 18.6 Å². The van der Waals surface area contributed by atoms with Crippen LogP contribution in [0.4, 0.5) is 15.8 Å². The molecule has 0 bridgehead atoms. The molecule has 1 aliphatic rings. The van der Waals surface area contributed by atoms with Gasteiger partial charge in [-0.05, 0) is 25.2 Å². The third kappa shape index (κ3) is 3.75. The first-order valence-electron chi connectivity index (χ1n) is 11.6. The number of pyridine rings is 2. The van der Waals surface area contributed by atoms with Crippen molar-refractivity contribution in [3.63, 3.8) is 0 Å². The number of imidazole rings is 1. The number of halogens is 1. The van der Waals surface area contributed by atoms with Crippen LogP contribution in [0.2, 0.25) is 0 Å². The molecule has 9 nitrogen and oxygen atoms in total. The lowest BCUT2D eigenvalue weighted by Crippen LogP contribution is -2.44. The number of hydrogen-bond acceptors (Lipinski definition) is 7. The largest absolute Gasteiger partial charge is 0.376 e. The lowest BCUT2D eigenvalue weighted by molar-refractivity contribution is 0.313. The number of hydrogen-bond donors (Lipinski definition) is 2. The number of piperazine rings is 1. The summed E-state index contributed by atoms with van der Waals surface area (Å²) in [5.74, 6) is 0.257. The van der Waals surface area contributed by atoms with Crippen LogP contribution in [0.25, 0.3) is 44.7 Å². The molecule has 0 radical (unpaired) electrons. The summed E-state index contributed by atoms with van der Waals surface area (Å²) in [4.78, 5) is 23.6. The van der Waals surface area contributed by atoms with Crippen LogP contribution >= 0.6 is 0 Å². The Hall–Kier alpha value is -4.05. The maximum absolute atomic E-state index is 15.1. The van der Waals surface area contributed by atoms with Gasteiger partial charge >= 0.3 is 0 Å². The summed E-state index contributed by atoms with van der Waals surface area (Å²) in [6, 6.07) is 7.23. The molecule has 0 saturated carbocycles. The molecular weight excluding hydrogens is 445 g/mol. The van der Waals surface area contributed by atoms with Crippen LogP contribution in [0.1, 0.15) is 0 Å². The Morgan fingerprint density at radius 1 is 1.06 bits per heavy atom. The molecule has 1 aliphatic heterocycles. The van der Waals surface area contributed by atoms with Gasteiger partial charge < -0.3 is 19.7 Å². The molecule has 1 fully saturated rings. The van der Waals surface area contributed by atoms with Gasteiger partial charge in [0, 0.05) is 75.2 Å². The number of likely N-dealkylation sites (N-methyl/N-ethyl adjacent to an activating group) is 1. The molecule has 4 aromatic heterocycles. The minimum Gasteiger partial charge on any atom is -0.376 e. The Bertz CT molecular complexity index is 1530. The average molecular weight is 472 g/mol. The summed E-state index contributed by atoms with van der Waals surface area (Å²) >= 11 is 0. The van der Waals surface area contributed by atoms with E-state index >= 15 is 4.39 Å². The molecule has 5 aromatic rings. The second kappa shape index (κ2) is 8.31. The van der Waals surface area contributed by atoms with E-state index in [-0.39, 0.29) is 5.82 Å². The first-order valence-corrected chi connectivity index (χ1v) is 11.6. The number of H-pyrrole nitrogens is 2. The van der Waals surface area contributed by atoms with Crippen molar-refractivity contribution in [3.8, 4) is 22.6 Å². The van der Waals surface area contributed by atoms with Gasteiger partial charge in [-0.1, -0.05) is 0 Å². The number of rotatable bonds is 4. The zero-order valence-electron chi connectivity index (χ0n) is 19.9. The van der Waals surface area contributed by atoms with E-state index in [0.717, 1.165) is 48.5 Å². The van der Waals surface area contributed by atoms with Gasteiger partial charge in [0.15, 0.2) is 11.5 Å². The van der Waals surface area contributed by atoms with E-state index in [4.69, 9.17) is 4.98 Å². The SMILES string of the molecule is CN1CCN(c2ccnc3nc(-c4n[nH]c5cc(F)c(-c6cncc(N(C)C)c6)cc45)[nH]c23)CC1. The van der Waals surface area contributed by atoms with E-state index in [2.05, 4.69) is 42.0 Å². The Balaban J connectivity index is 1.44. The molecule has 0 spiro atoms. The third-order valence-corrected chi connectivity index (χ3v) is 6.64. The lowest BCUT2D eigenvalue weighted by atomic mass is 10.0. The predicted molar refractivity (Wildman–Crippen MR) is 136 cm³/mol. The average Bonchev–Trinajstić information content (AvgIpc) is 3.47. The van der Waals surface area contributed by atoms with Gasteiger partial charge in [-0.2, -0.15) is 5.10 Å². The summed E-state index contributed by atoms with van der Waals surface area (Å²) < 4.78 is 15.1. The number of aromatic nitrogens is 6. The molecule has 35 heavy (non-hydrogen) atoms. The van der Waals surface area contributed by atoms with Crippen LogP contribution in [0, 0.1) is 5.82 Å². The first kappa shape index (κ1) is 21.5. The van der Waals surface area contributed by atoms with Gasteiger partial charge in [-0.3, -0.25) is 10.1 Å². The van der Waals surface area contributed by atoms with Crippen molar-refractivity contribution in [2.45, 2.75) is 0 Å². The molecular formula is C25H26FN9. The maximum atomic E-state index is 15.1. The van der Waals surface area contributed by atoms with Crippen LogP contribution in [0.15, 0.2) is 42.9 Å². The molecule has 178 valence electrons. The van der Waals surface area contributed by atoms with Gasteiger partial charge in [-0.25, -0.2) is 14.4 Å². The van der Waals surface area contributed by atoms with Crippen LogP contribution < -0.4 is 9.80 Å². The first-order chi connectivity index (χ1) is 17.0. The van der Waals surface area contributed by atoms with Crippen LogP contribution in [0.3, 0.4) is 0 Å². The summed E-state index contributed by atoms with van der Waals surface area (Å²) in [6.45, 7) is 3.90. The number of aromatic amines is 2. The Labute approximate surface area is 201 Å². The predicted octanol–water partition coefficient (Wildman–Crippen LogP) is 3.52. The molecule has 1 saturated heterocycles. The zero-order chi connectivity index (χ0) is 24.1. The Morgan fingerprint density at radius 2 is 1.89 bits per heavy atom. The molecule has 6 rings (SSSR count). The minimum atomic E-state index is -0.339. The van der Waals surface area contributed by atoms with Gasteiger partial charge in [0.25, 0.3) is 0 Å². The van der Waals surface area contributed by atoms with E-state index in [9.17, 15) is 0 Å². The van der Waals surface area contributed by atoms with Crippen molar-refractivity contribution in [1.29, 1.82) is 0 Å². The highest BCUT2D eigenvalue weighted by Crippen LogP contribution is 2.34. The highest BCUT2D eigenvalue weighted by atomic mass is 19.1. The summed E-state index contributed by atoms with van der Waals surface area (Å²) in [5.41, 5.74) is 5.89. The molecule has 0 aliphatic carbocycles. The van der Waals surface area contributed by atoms with Crippen molar-refractivity contribution in [2.75, 3.05) is 57.1 Å². The molecule has 5 heterocycles. The number of nitrogens with zero attached hydrogens (tertiary/aromatic N) is 7. The van der Waals surface area contributed by atoms with Crippen LogP contribution in [-0.2, 0) is 0 Å². The minimum absolute atomic E-state index is 0.339. The Kier molecular flexibility index (Phi) is 5.10. The molecule has 0 unspecified atom stereocenters. The van der Waals surface area contributed by atoms with E-state index in [1.165, 1.54) is 6.07 Å². The molecule has 10 heteroatoms. The molecule has 0 amide bonds. The summed E-state index contributed by atoms with van der Waals surface area (Å²) in [5, 5.41) is 8.20. The lowest BCUT2D eigenvalue weighted by Gasteiger charge is -2.34.